The number of benzene rings is 1. The van der Waals surface area contributed by atoms with Gasteiger partial charge in [0.15, 0.2) is 11.0 Å². The second-order valence-electron chi connectivity index (χ2n) is 6.49. The largest absolute Gasteiger partial charge is 0.497 e. The number of nitrogens with one attached hydrogen (secondary N) is 1. The van der Waals surface area contributed by atoms with Crippen molar-refractivity contribution in [3.63, 3.8) is 0 Å². The van der Waals surface area contributed by atoms with Crippen molar-refractivity contribution >= 4 is 34.7 Å². The van der Waals surface area contributed by atoms with Crippen molar-refractivity contribution in [3.05, 3.63) is 34.0 Å². The van der Waals surface area contributed by atoms with Gasteiger partial charge >= 0.3 is 0 Å². The van der Waals surface area contributed by atoms with Crippen LogP contribution >= 0.6 is 23.1 Å². The molecule has 0 aliphatic rings. The lowest BCUT2D eigenvalue weighted by atomic mass is 10.1. The summed E-state index contributed by atoms with van der Waals surface area (Å²) in [6.45, 7) is 7.08. The summed E-state index contributed by atoms with van der Waals surface area (Å²) >= 11 is 3.10. The highest BCUT2D eigenvalue weighted by Gasteiger charge is 2.19. The van der Waals surface area contributed by atoms with Gasteiger partial charge in [0, 0.05) is 28.4 Å². The highest BCUT2D eigenvalue weighted by molar-refractivity contribution is 7.99. The quantitative estimate of drug-likeness (QED) is 0.482. The number of nitrogens with zero attached hydrogens (tertiary/aromatic N) is 3. The van der Waals surface area contributed by atoms with E-state index in [4.69, 9.17) is 9.47 Å². The first-order chi connectivity index (χ1) is 14.5. The third kappa shape index (κ3) is 4.62. The average Bonchev–Trinajstić information content (AvgIpc) is 3.34. The van der Waals surface area contributed by atoms with E-state index >= 15 is 0 Å². The number of rotatable bonds is 9. The molecule has 3 aromatic rings. The van der Waals surface area contributed by atoms with Crippen LogP contribution in [0.25, 0.3) is 11.4 Å². The molecule has 0 aliphatic heterocycles. The molecule has 1 N–H and O–H groups in total. The Balaban J connectivity index is 1.72. The molecule has 1 aromatic carbocycles. The lowest BCUT2D eigenvalue weighted by molar-refractivity contribution is -0.113. The van der Waals surface area contributed by atoms with Gasteiger partial charge in [-0.2, -0.15) is 0 Å². The number of anilines is 1. The molecule has 7 nitrogen and oxygen atoms in total. The fraction of sp³-hybridized carbons (Fsp3) is 0.381. The van der Waals surface area contributed by atoms with Crippen LogP contribution in [0.5, 0.6) is 11.5 Å². The predicted molar refractivity (Wildman–Crippen MR) is 122 cm³/mol. The number of hydrogen-bond donors (Lipinski definition) is 1. The first-order valence-electron chi connectivity index (χ1n) is 9.67. The highest BCUT2D eigenvalue weighted by atomic mass is 32.2. The Hall–Kier alpha value is -2.52. The van der Waals surface area contributed by atoms with E-state index < -0.39 is 0 Å². The van der Waals surface area contributed by atoms with Crippen LogP contribution in [0.4, 0.5) is 5.69 Å². The van der Waals surface area contributed by atoms with Crippen LogP contribution in [0.15, 0.2) is 28.7 Å². The predicted octanol–water partition coefficient (Wildman–Crippen LogP) is 4.65. The number of aromatic nitrogens is 3. The molecule has 0 unspecified atom stereocenters. The summed E-state index contributed by atoms with van der Waals surface area (Å²) in [5, 5.41) is 14.5. The SMILES string of the molecule is CCc1c(-c2nnc(SCC(=O)Nc3ccc(OC)cc3OC)n2CC)csc1C. The number of carbonyl (C=O) groups excluding carboxylic acids is 1. The third-order valence-corrected chi connectivity index (χ3v) is 6.67. The highest BCUT2D eigenvalue weighted by Crippen LogP contribution is 2.33. The topological polar surface area (TPSA) is 78.3 Å². The van der Waals surface area contributed by atoms with Crippen molar-refractivity contribution in [3.8, 4) is 22.9 Å². The molecule has 2 aromatic heterocycles. The molecule has 160 valence electrons. The summed E-state index contributed by atoms with van der Waals surface area (Å²) in [5.41, 5.74) is 3.04. The summed E-state index contributed by atoms with van der Waals surface area (Å²) in [7, 11) is 3.14. The molecule has 9 heteroatoms. The normalized spacial score (nSPS) is 10.8. The van der Waals surface area contributed by atoms with Crippen LogP contribution in [0.2, 0.25) is 0 Å². The lowest BCUT2D eigenvalue weighted by Crippen LogP contribution is -2.15. The fourth-order valence-corrected chi connectivity index (χ4v) is 4.95. The molecule has 0 atom stereocenters. The third-order valence-electron chi connectivity index (χ3n) is 4.75. The first kappa shape index (κ1) is 22.2. The van der Waals surface area contributed by atoms with E-state index in [1.807, 2.05) is 0 Å². The van der Waals surface area contributed by atoms with Gasteiger partial charge in [0.2, 0.25) is 5.91 Å². The van der Waals surface area contributed by atoms with Crippen molar-refractivity contribution in [2.45, 2.75) is 38.9 Å². The summed E-state index contributed by atoms with van der Waals surface area (Å²) < 4.78 is 12.6. The number of thioether (sulfide) groups is 1. The molecule has 1 amide bonds. The van der Waals surface area contributed by atoms with E-state index in [1.165, 1.54) is 22.2 Å². The van der Waals surface area contributed by atoms with E-state index in [0.717, 1.165) is 29.5 Å². The summed E-state index contributed by atoms with van der Waals surface area (Å²) in [6.07, 6.45) is 0.954. The van der Waals surface area contributed by atoms with Crippen LogP contribution in [-0.2, 0) is 17.8 Å². The minimum Gasteiger partial charge on any atom is -0.497 e. The number of amides is 1. The number of hydrogen-bond acceptors (Lipinski definition) is 7. The molecule has 0 fully saturated rings. The summed E-state index contributed by atoms with van der Waals surface area (Å²) in [5.74, 6) is 2.15. The molecule has 0 saturated heterocycles. The molecule has 0 saturated carbocycles. The van der Waals surface area contributed by atoms with Crippen molar-refractivity contribution in [1.82, 2.24) is 14.8 Å². The molecular weight excluding hydrogens is 420 g/mol. The van der Waals surface area contributed by atoms with E-state index in [-0.39, 0.29) is 11.7 Å². The van der Waals surface area contributed by atoms with Gasteiger partial charge in [0.25, 0.3) is 0 Å². The molecule has 0 bridgehead atoms. The minimum atomic E-state index is -0.142. The maximum absolute atomic E-state index is 12.5. The Bertz CT molecular complexity index is 1030. The minimum absolute atomic E-state index is 0.142. The van der Waals surface area contributed by atoms with E-state index in [1.54, 1.807) is 43.8 Å². The van der Waals surface area contributed by atoms with Crippen LogP contribution in [0.1, 0.15) is 24.3 Å². The summed E-state index contributed by atoms with van der Waals surface area (Å²) in [4.78, 5) is 13.8. The molecule has 0 aliphatic carbocycles. The van der Waals surface area contributed by atoms with Gasteiger partial charge in [-0.25, -0.2) is 0 Å². The Labute approximate surface area is 184 Å². The number of ether oxygens (including phenoxy) is 2. The molecule has 0 radical (unpaired) electrons. The zero-order valence-electron chi connectivity index (χ0n) is 17.8. The Morgan fingerprint density at radius 2 is 2.03 bits per heavy atom. The zero-order valence-corrected chi connectivity index (χ0v) is 19.4. The lowest BCUT2D eigenvalue weighted by Gasteiger charge is -2.12. The smallest absolute Gasteiger partial charge is 0.234 e. The Morgan fingerprint density at radius 1 is 1.23 bits per heavy atom. The van der Waals surface area contributed by atoms with Gasteiger partial charge in [-0.15, -0.1) is 21.5 Å². The number of carbonyl (C=O) groups is 1. The molecule has 3 rings (SSSR count). The van der Waals surface area contributed by atoms with Gasteiger partial charge in [-0.3, -0.25) is 4.79 Å². The monoisotopic (exact) mass is 446 g/mol. The maximum atomic E-state index is 12.5. The summed E-state index contributed by atoms with van der Waals surface area (Å²) in [6, 6.07) is 5.27. The fourth-order valence-electron chi connectivity index (χ4n) is 3.20. The van der Waals surface area contributed by atoms with E-state index in [9.17, 15) is 4.79 Å². The van der Waals surface area contributed by atoms with Crippen LogP contribution in [0, 0.1) is 6.92 Å². The standard InChI is InChI=1S/C21H26N4O3S2/c1-6-15-13(3)29-11-16(15)20-23-24-21(25(20)7-2)30-12-19(26)22-17-9-8-14(27-4)10-18(17)28-5/h8-11H,6-7,12H2,1-5H3,(H,22,26). The van der Waals surface area contributed by atoms with Gasteiger partial charge < -0.3 is 19.4 Å². The molecule has 30 heavy (non-hydrogen) atoms. The van der Waals surface area contributed by atoms with Crippen molar-refractivity contribution in [2.24, 2.45) is 0 Å². The average molecular weight is 447 g/mol. The molecular formula is C21H26N4O3S2. The number of aryl methyl sites for hydroxylation is 1. The first-order valence-corrected chi connectivity index (χ1v) is 11.5. The number of methoxy groups -OCH3 is 2. The number of thiophene rings is 1. The van der Waals surface area contributed by atoms with Crippen molar-refractivity contribution in [1.29, 1.82) is 0 Å². The molecule has 2 heterocycles. The van der Waals surface area contributed by atoms with E-state index in [0.29, 0.717) is 17.2 Å². The van der Waals surface area contributed by atoms with Gasteiger partial charge in [0.1, 0.15) is 11.5 Å². The van der Waals surface area contributed by atoms with Crippen LogP contribution < -0.4 is 14.8 Å². The van der Waals surface area contributed by atoms with Crippen molar-refractivity contribution in [2.75, 3.05) is 25.3 Å². The van der Waals surface area contributed by atoms with Gasteiger partial charge in [-0.05, 0) is 38.0 Å². The second kappa shape index (κ2) is 9.99. The Morgan fingerprint density at radius 3 is 2.70 bits per heavy atom. The van der Waals surface area contributed by atoms with Gasteiger partial charge in [0.05, 0.1) is 25.7 Å². The van der Waals surface area contributed by atoms with Crippen LogP contribution in [0.3, 0.4) is 0 Å². The molecule has 0 spiro atoms. The Kier molecular flexibility index (Phi) is 7.38. The van der Waals surface area contributed by atoms with E-state index in [2.05, 4.69) is 46.2 Å². The maximum Gasteiger partial charge on any atom is 0.234 e. The zero-order chi connectivity index (χ0) is 21.7. The van der Waals surface area contributed by atoms with Crippen LogP contribution in [-0.4, -0.2) is 40.6 Å². The van der Waals surface area contributed by atoms with Gasteiger partial charge in [-0.1, -0.05) is 18.7 Å². The van der Waals surface area contributed by atoms with Crippen molar-refractivity contribution < 1.29 is 14.3 Å². The second-order valence-corrected chi connectivity index (χ2v) is 8.52.